The topological polar surface area (TPSA) is 95.9 Å². The minimum absolute atomic E-state index is 0. The van der Waals surface area contributed by atoms with Gasteiger partial charge in [0.2, 0.25) is 0 Å². The summed E-state index contributed by atoms with van der Waals surface area (Å²) < 4.78 is 22.2. The molecule has 0 saturated carbocycles. The van der Waals surface area contributed by atoms with E-state index in [1.807, 2.05) is 30.3 Å². The van der Waals surface area contributed by atoms with Crippen LogP contribution in [0.15, 0.2) is 109 Å². The van der Waals surface area contributed by atoms with Crippen LogP contribution in [0, 0.1) is 0 Å². The van der Waals surface area contributed by atoms with Crippen LogP contribution in [-0.4, -0.2) is 10.9 Å². The van der Waals surface area contributed by atoms with E-state index in [0.717, 1.165) is 11.1 Å². The van der Waals surface area contributed by atoms with E-state index in [2.05, 4.69) is 0 Å². The molecule has 8 heteroatoms. The molecule has 0 aliphatic carbocycles. The first kappa shape index (κ1) is 26.7. The molecule has 0 spiro atoms. The standard InChI is InChI=1S/C27H23O6P.Na/c28-23-15-11-21(12-16-23)26(19-20-7-3-1-4-8-20)27(29)22-13-17-25(18-14-22)33-34(30,31)32-24-9-5-2-6-10-24;/h1-18,26,28H,19H2,(H,30,31);/q;+1/p-1. The Hall–Kier alpha value is -2.86. The maximum atomic E-state index is 13.4. The fraction of sp³-hybridized carbons (Fsp3) is 0.0741. The molecule has 4 aromatic carbocycles. The summed E-state index contributed by atoms with van der Waals surface area (Å²) in [5.74, 6) is -0.315. The van der Waals surface area contributed by atoms with Gasteiger partial charge in [0.1, 0.15) is 17.2 Å². The maximum Gasteiger partial charge on any atom is 1.00 e. The predicted molar refractivity (Wildman–Crippen MR) is 127 cm³/mol. The molecule has 4 rings (SSSR count). The number of phosphoric ester groups is 1. The van der Waals surface area contributed by atoms with Crippen molar-refractivity contribution in [3.05, 3.63) is 126 Å². The Morgan fingerprint density at radius 2 is 1.29 bits per heavy atom. The quantitative estimate of drug-likeness (QED) is 0.217. The van der Waals surface area contributed by atoms with E-state index in [4.69, 9.17) is 9.05 Å². The molecule has 2 atom stereocenters. The van der Waals surface area contributed by atoms with E-state index in [1.165, 1.54) is 36.4 Å². The largest absolute Gasteiger partial charge is 1.00 e. The number of hydrogen-bond donors (Lipinski definition) is 1. The van der Waals surface area contributed by atoms with Gasteiger partial charge in [-0.05, 0) is 66.1 Å². The van der Waals surface area contributed by atoms with Gasteiger partial charge in [0.05, 0.1) is 5.92 Å². The van der Waals surface area contributed by atoms with Crippen molar-refractivity contribution in [2.75, 3.05) is 0 Å². The molecule has 0 aliphatic rings. The van der Waals surface area contributed by atoms with Crippen molar-refractivity contribution in [3.8, 4) is 17.2 Å². The van der Waals surface area contributed by atoms with E-state index in [1.54, 1.807) is 42.5 Å². The van der Waals surface area contributed by atoms with Crippen molar-refractivity contribution >= 4 is 13.6 Å². The zero-order chi connectivity index (χ0) is 24.0. The van der Waals surface area contributed by atoms with Gasteiger partial charge in [0, 0.05) is 5.56 Å². The second-order valence-corrected chi connectivity index (χ2v) is 8.92. The molecule has 35 heavy (non-hydrogen) atoms. The number of aromatic hydroxyl groups is 1. The summed E-state index contributed by atoms with van der Waals surface area (Å²) in [5, 5.41) is 9.64. The number of carbonyl (C=O) groups is 1. The Morgan fingerprint density at radius 1 is 0.771 bits per heavy atom. The average molecular weight is 496 g/mol. The summed E-state index contributed by atoms with van der Waals surface area (Å²) in [4.78, 5) is 25.6. The van der Waals surface area contributed by atoms with Gasteiger partial charge in [-0.2, -0.15) is 0 Å². The van der Waals surface area contributed by atoms with Crippen LogP contribution >= 0.6 is 7.82 Å². The number of ketones is 1. The summed E-state index contributed by atoms with van der Waals surface area (Å²) >= 11 is 0. The molecular formula is C27H22NaO6P. The fourth-order valence-electron chi connectivity index (χ4n) is 3.56. The smallest absolute Gasteiger partial charge is 0.736 e. The van der Waals surface area contributed by atoms with Crippen molar-refractivity contribution in [2.24, 2.45) is 0 Å². The van der Waals surface area contributed by atoms with Gasteiger partial charge in [0.25, 0.3) is 0 Å². The van der Waals surface area contributed by atoms with Gasteiger partial charge in [-0.3, -0.25) is 4.79 Å². The third-order valence-electron chi connectivity index (χ3n) is 5.21. The van der Waals surface area contributed by atoms with Crippen LogP contribution in [0.2, 0.25) is 0 Å². The Morgan fingerprint density at radius 3 is 1.86 bits per heavy atom. The van der Waals surface area contributed by atoms with Gasteiger partial charge >= 0.3 is 37.4 Å². The second kappa shape index (κ2) is 12.2. The number of Topliss-reactive ketones (excluding diaryl/α,β-unsaturated/α-hetero) is 1. The summed E-state index contributed by atoms with van der Waals surface area (Å²) in [7, 11) is -4.65. The predicted octanol–water partition coefficient (Wildman–Crippen LogP) is 2.53. The fourth-order valence-corrected chi connectivity index (χ4v) is 4.35. The summed E-state index contributed by atoms with van der Waals surface area (Å²) in [6.07, 6.45) is 0.476. The molecule has 0 fully saturated rings. The average Bonchev–Trinajstić information content (AvgIpc) is 2.84. The Labute approximate surface area is 226 Å². The number of phenols is 1. The van der Waals surface area contributed by atoms with Crippen LogP contribution in [-0.2, 0) is 11.0 Å². The van der Waals surface area contributed by atoms with Crippen LogP contribution in [0.5, 0.6) is 17.2 Å². The molecule has 0 saturated heterocycles. The molecule has 2 unspecified atom stereocenters. The Kier molecular flexibility index (Phi) is 9.33. The molecule has 0 aliphatic heterocycles. The van der Waals surface area contributed by atoms with E-state index in [9.17, 15) is 19.4 Å². The molecule has 1 N–H and O–H groups in total. The monoisotopic (exact) mass is 496 g/mol. The van der Waals surface area contributed by atoms with Crippen LogP contribution in [0.3, 0.4) is 0 Å². The molecule has 172 valence electrons. The first-order valence-corrected chi connectivity index (χ1v) is 12.1. The number of benzene rings is 4. The van der Waals surface area contributed by atoms with Crippen LogP contribution in [0.4, 0.5) is 0 Å². The maximum absolute atomic E-state index is 13.4. The van der Waals surface area contributed by atoms with Gasteiger partial charge in [-0.25, -0.2) is 4.57 Å². The molecule has 0 aromatic heterocycles. The first-order valence-electron chi connectivity index (χ1n) is 10.6. The van der Waals surface area contributed by atoms with Crippen molar-refractivity contribution in [1.82, 2.24) is 0 Å². The van der Waals surface area contributed by atoms with Gasteiger partial charge in [0.15, 0.2) is 5.78 Å². The van der Waals surface area contributed by atoms with Crippen molar-refractivity contribution in [2.45, 2.75) is 12.3 Å². The third-order valence-corrected chi connectivity index (χ3v) is 6.08. The van der Waals surface area contributed by atoms with E-state index < -0.39 is 13.7 Å². The van der Waals surface area contributed by atoms with Crippen molar-refractivity contribution in [3.63, 3.8) is 0 Å². The SMILES string of the molecule is O=C(c1ccc(OP(=O)([O-])Oc2ccccc2)cc1)C(Cc1ccccc1)c1ccc(O)cc1.[Na+]. The van der Waals surface area contributed by atoms with Crippen molar-refractivity contribution < 1.29 is 58.0 Å². The Balaban J connectivity index is 0.00000342. The summed E-state index contributed by atoms with van der Waals surface area (Å²) in [6.45, 7) is 0. The number of carbonyl (C=O) groups excluding carboxylic acids is 1. The zero-order valence-electron chi connectivity index (χ0n) is 19.1. The summed E-state index contributed by atoms with van der Waals surface area (Å²) in [6, 6.07) is 30.2. The molecular weight excluding hydrogens is 474 g/mol. The molecule has 6 nitrogen and oxygen atoms in total. The van der Waals surface area contributed by atoms with E-state index in [-0.39, 0.29) is 52.6 Å². The number of para-hydroxylation sites is 1. The normalized spacial score (nSPS) is 13.1. The number of hydrogen-bond acceptors (Lipinski definition) is 6. The number of phenolic OH excluding ortho intramolecular Hbond substituents is 1. The van der Waals surface area contributed by atoms with Gasteiger partial charge in [-0.1, -0.05) is 60.7 Å². The summed E-state index contributed by atoms with van der Waals surface area (Å²) in [5.41, 5.74) is 2.18. The number of rotatable bonds is 9. The van der Waals surface area contributed by atoms with Gasteiger partial charge < -0.3 is 19.0 Å². The second-order valence-electron chi connectivity index (χ2n) is 7.67. The minimum atomic E-state index is -4.65. The zero-order valence-corrected chi connectivity index (χ0v) is 22.0. The van der Waals surface area contributed by atoms with E-state index in [0.29, 0.717) is 12.0 Å². The molecule has 0 heterocycles. The van der Waals surface area contributed by atoms with Crippen LogP contribution < -0.4 is 43.5 Å². The molecule has 0 radical (unpaired) electrons. The van der Waals surface area contributed by atoms with Crippen LogP contribution in [0.25, 0.3) is 0 Å². The Bertz CT molecular complexity index is 1280. The van der Waals surface area contributed by atoms with E-state index >= 15 is 0 Å². The molecule has 0 amide bonds. The van der Waals surface area contributed by atoms with Gasteiger partial charge in [-0.15, -0.1) is 0 Å². The number of phosphoric acid groups is 1. The first-order chi connectivity index (χ1) is 16.4. The minimum Gasteiger partial charge on any atom is -0.736 e. The van der Waals surface area contributed by atoms with Crippen molar-refractivity contribution in [1.29, 1.82) is 0 Å². The van der Waals surface area contributed by atoms with Crippen LogP contribution in [0.1, 0.15) is 27.4 Å². The third kappa shape index (κ3) is 7.56. The molecule has 0 bridgehead atoms. The molecule has 4 aromatic rings.